The van der Waals surface area contributed by atoms with E-state index in [0.717, 1.165) is 38.5 Å². The highest BCUT2D eigenvalue weighted by molar-refractivity contribution is 5.76. The summed E-state index contributed by atoms with van der Waals surface area (Å²) >= 11 is 0. The van der Waals surface area contributed by atoms with Gasteiger partial charge in [0.05, 0.1) is 32.0 Å². The van der Waals surface area contributed by atoms with Crippen LogP contribution < -0.4 is 5.32 Å². The van der Waals surface area contributed by atoms with Crippen LogP contribution in [0, 0.1) is 0 Å². The van der Waals surface area contributed by atoms with E-state index in [-0.39, 0.29) is 18.9 Å². The quantitative estimate of drug-likeness (QED) is 0.0350. The number of amides is 1. The van der Waals surface area contributed by atoms with Crippen molar-refractivity contribution >= 4 is 5.91 Å². The summed E-state index contributed by atoms with van der Waals surface area (Å²) in [7, 11) is 0. The van der Waals surface area contributed by atoms with E-state index in [2.05, 4.69) is 19.2 Å². The SMILES string of the molecule is CCCCCCCCCC/C=C/C(O)C(COC1OC(CO)C(OC2OC(CO)C(O)C(O)C2O)C(O)C1O)NC(=O)CCCCCCCCCCCCCC. The minimum Gasteiger partial charge on any atom is -0.394 e. The monoisotopic (exact) mass is 806 g/mol. The number of carbonyl (C=O) groups excluding carboxylic acids is 1. The molecule has 2 saturated heterocycles. The highest BCUT2D eigenvalue weighted by atomic mass is 16.7. The number of aliphatic hydroxyl groups excluding tert-OH is 8. The Kier molecular flexibility index (Phi) is 27.9. The molecule has 2 heterocycles. The summed E-state index contributed by atoms with van der Waals surface area (Å²) in [6, 6.07) is -0.904. The van der Waals surface area contributed by atoms with Crippen LogP contribution in [-0.4, -0.2) is 140 Å². The summed E-state index contributed by atoms with van der Waals surface area (Å²) < 4.78 is 22.6. The molecule has 2 aliphatic heterocycles. The maximum absolute atomic E-state index is 13.0. The van der Waals surface area contributed by atoms with E-state index in [1.165, 1.54) is 89.9 Å². The van der Waals surface area contributed by atoms with Crippen molar-refractivity contribution in [1.82, 2.24) is 5.32 Å². The molecule has 0 aromatic rings. The first-order valence-electron chi connectivity index (χ1n) is 21.9. The normalized spacial score (nSPS) is 29.5. The first-order chi connectivity index (χ1) is 27.1. The molecule has 0 saturated carbocycles. The van der Waals surface area contributed by atoms with Gasteiger partial charge in [-0.1, -0.05) is 142 Å². The first-order valence-corrected chi connectivity index (χ1v) is 21.9. The Hall–Kier alpha value is -1.27. The molecule has 0 aromatic carbocycles. The van der Waals surface area contributed by atoms with Gasteiger partial charge in [0.15, 0.2) is 12.6 Å². The highest BCUT2D eigenvalue weighted by Crippen LogP contribution is 2.30. The number of hydrogen-bond donors (Lipinski definition) is 9. The molecule has 2 rings (SSSR count). The zero-order chi connectivity index (χ0) is 41.1. The fourth-order valence-electron chi connectivity index (χ4n) is 7.29. The first kappa shape index (κ1) is 50.9. The van der Waals surface area contributed by atoms with Crippen molar-refractivity contribution in [1.29, 1.82) is 0 Å². The van der Waals surface area contributed by atoms with E-state index < -0.39 is 86.8 Å². The minimum atomic E-state index is -1.78. The van der Waals surface area contributed by atoms with Crippen LogP contribution in [0.15, 0.2) is 12.2 Å². The summed E-state index contributed by atoms with van der Waals surface area (Å²) in [5, 5.41) is 86.2. The van der Waals surface area contributed by atoms with Crippen LogP contribution >= 0.6 is 0 Å². The number of aliphatic hydroxyl groups is 8. The zero-order valence-electron chi connectivity index (χ0n) is 34.4. The lowest BCUT2D eigenvalue weighted by Gasteiger charge is -2.46. The number of nitrogens with one attached hydrogen (secondary N) is 1. The van der Waals surface area contributed by atoms with E-state index in [9.17, 15) is 45.6 Å². The Morgan fingerprint density at radius 3 is 1.64 bits per heavy atom. The van der Waals surface area contributed by atoms with Crippen molar-refractivity contribution in [2.24, 2.45) is 0 Å². The largest absolute Gasteiger partial charge is 0.394 e. The van der Waals surface area contributed by atoms with Gasteiger partial charge in [0.25, 0.3) is 0 Å². The highest BCUT2D eigenvalue weighted by Gasteiger charge is 2.50. The molecule has 330 valence electrons. The molecular weight excluding hydrogens is 726 g/mol. The molecular formula is C42H79NO13. The van der Waals surface area contributed by atoms with Gasteiger partial charge < -0.3 is 65.1 Å². The average Bonchev–Trinajstić information content (AvgIpc) is 3.19. The third-order valence-electron chi connectivity index (χ3n) is 11.0. The van der Waals surface area contributed by atoms with Crippen LogP contribution in [-0.2, 0) is 23.7 Å². The van der Waals surface area contributed by atoms with Gasteiger partial charge in [-0.3, -0.25) is 4.79 Å². The number of unbranched alkanes of at least 4 members (excludes halogenated alkanes) is 19. The third-order valence-corrected chi connectivity index (χ3v) is 11.0. The number of allylic oxidation sites excluding steroid dienone is 1. The van der Waals surface area contributed by atoms with Crippen molar-refractivity contribution in [3.05, 3.63) is 12.2 Å². The molecule has 14 heteroatoms. The Morgan fingerprint density at radius 1 is 0.625 bits per heavy atom. The molecule has 56 heavy (non-hydrogen) atoms. The summed E-state index contributed by atoms with van der Waals surface area (Å²) in [6.45, 7) is 2.73. The summed E-state index contributed by atoms with van der Waals surface area (Å²) in [4.78, 5) is 13.0. The topological polar surface area (TPSA) is 228 Å². The van der Waals surface area contributed by atoms with E-state index in [1.54, 1.807) is 6.08 Å². The Bertz CT molecular complexity index is 1000. The van der Waals surface area contributed by atoms with E-state index in [0.29, 0.717) is 6.42 Å². The molecule has 9 N–H and O–H groups in total. The number of hydrogen-bond acceptors (Lipinski definition) is 13. The second-order valence-corrected chi connectivity index (χ2v) is 15.8. The Morgan fingerprint density at radius 2 is 1.11 bits per heavy atom. The Balaban J connectivity index is 1.92. The lowest BCUT2D eigenvalue weighted by atomic mass is 9.97. The second-order valence-electron chi connectivity index (χ2n) is 15.8. The predicted molar refractivity (Wildman–Crippen MR) is 212 cm³/mol. The van der Waals surface area contributed by atoms with Crippen molar-refractivity contribution in [3.8, 4) is 0 Å². The zero-order valence-corrected chi connectivity index (χ0v) is 34.4. The predicted octanol–water partition coefficient (Wildman–Crippen LogP) is 3.65. The van der Waals surface area contributed by atoms with Crippen LogP contribution in [0.25, 0.3) is 0 Å². The molecule has 0 bridgehead atoms. The third kappa shape index (κ3) is 19.2. The van der Waals surface area contributed by atoms with Crippen molar-refractivity contribution in [3.63, 3.8) is 0 Å². The summed E-state index contributed by atoms with van der Waals surface area (Å²) in [6.07, 6.45) is 11.3. The molecule has 0 aliphatic carbocycles. The van der Waals surface area contributed by atoms with Crippen LogP contribution in [0.1, 0.15) is 155 Å². The number of ether oxygens (including phenoxy) is 4. The smallest absolute Gasteiger partial charge is 0.220 e. The van der Waals surface area contributed by atoms with Crippen molar-refractivity contribution in [2.45, 2.75) is 229 Å². The Labute approximate surface area is 336 Å². The van der Waals surface area contributed by atoms with Gasteiger partial charge in [-0.25, -0.2) is 0 Å². The molecule has 12 atom stereocenters. The van der Waals surface area contributed by atoms with E-state index in [4.69, 9.17) is 18.9 Å². The van der Waals surface area contributed by atoms with Gasteiger partial charge in [-0.2, -0.15) is 0 Å². The van der Waals surface area contributed by atoms with Crippen molar-refractivity contribution in [2.75, 3.05) is 19.8 Å². The lowest BCUT2D eigenvalue weighted by molar-refractivity contribution is -0.359. The summed E-state index contributed by atoms with van der Waals surface area (Å²) in [5.74, 6) is -0.243. The molecule has 0 radical (unpaired) electrons. The molecule has 1 amide bonds. The van der Waals surface area contributed by atoms with Gasteiger partial charge in [0.1, 0.15) is 48.8 Å². The van der Waals surface area contributed by atoms with Gasteiger partial charge >= 0.3 is 0 Å². The molecule has 14 nitrogen and oxygen atoms in total. The number of rotatable bonds is 32. The molecule has 2 fully saturated rings. The van der Waals surface area contributed by atoms with Crippen LogP contribution in [0.3, 0.4) is 0 Å². The second kappa shape index (κ2) is 30.7. The van der Waals surface area contributed by atoms with Gasteiger partial charge in [0, 0.05) is 6.42 Å². The van der Waals surface area contributed by atoms with Gasteiger partial charge in [-0.15, -0.1) is 0 Å². The number of carbonyl (C=O) groups is 1. The van der Waals surface area contributed by atoms with Crippen LogP contribution in [0.4, 0.5) is 0 Å². The molecule has 0 aromatic heterocycles. The fourth-order valence-corrected chi connectivity index (χ4v) is 7.29. The van der Waals surface area contributed by atoms with Crippen LogP contribution in [0.5, 0.6) is 0 Å². The van der Waals surface area contributed by atoms with E-state index in [1.807, 2.05) is 6.08 Å². The molecule has 12 unspecified atom stereocenters. The lowest BCUT2D eigenvalue weighted by Crippen LogP contribution is -2.65. The maximum Gasteiger partial charge on any atom is 0.220 e. The molecule has 0 spiro atoms. The van der Waals surface area contributed by atoms with E-state index >= 15 is 0 Å². The van der Waals surface area contributed by atoms with Crippen molar-refractivity contribution < 1.29 is 64.6 Å². The van der Waals surface area contributed by atoms with Gasteiger partial charge in [0.2, 0.25) is 5.91 Å². The average molecular weight is 806 g/mol. The van der Waals surface area contributed by atoms with Crippen LogP contribution in [0.2, 0.25) is 0 Å². The van der Waals surface area contributed by atoms with Gasteiger partial charge in [-0.05, 0) is 19.3 Å². The molecule has 2 aliphatic rings. The summed E-state index contributed by atoms with van der Waals surface area (Å²) in [5.41, 5.74) is 0. The maximum atomic E-state index is 13.0. The minimum absolute atomic E-state index is 0.243. The fraction of sp³-hybridized carbons (Fsp3) is 0.929. The standard InChI is InChI=1S/C42H79NO13/c1-3-5-7-9-11-13-15-16-18-20-22-24-26-34(47)43-30(31(46)25-23-21-19-17-14-12-10-8-6-4-2)29-53-41-39(52)37(50)40(33(28-45)55-41)56-42-38(51)36(49)35(48)32(27-44)54-42/h23,25,30-33,35-42,44-46,48-52H,3-22,24,26-29H2,1-2H3,(H,43,47)/b25-23+.